The lowest BCUT2D eigenvalue weighted by Crippen LogP contribution is -2.04. The fourth-order valence-corrected chi connectivity index (χ4v) is 3.35. The van der Waals surface area contributed by atoms with Gasteiger partial charge in [0.2, 0.25) is 0 Å². The maximum Gasteiger partial charge on any atom is 0.269 e. The van der Waals surface area contributed by atoms with Crippen LogP contribution in [0.3, 0.4) is 0 Å². The lowest BCUT2D eigenvalue weighted by atomic mass is 9.96. The van der Waals surface area contributed by atoms with Crippen LogP contribution in [0.1, 0.15) is 48.2 Å². The maximum atomic E-state index is 6.82. The minimum absolute atomic E-state index is 0.538. The molecule has 23 heavy (non-hydrogen) atoms. The number of pyridine rings is 2. The van der Waals surface area contributed by atoms with Gasteiger partial charge in [-0.15, -0.1) is 4.98 Å². The SMILES string of the molecule is Clc1ccc2c(n1)CCCC2.[C-]#[N+]c1ccc2c(n1)CCCC2. The number of halogens is 1. The smallest absolute Gasteiger partial charge is 0.269 e. The average molecular weight is 326 g/mol. The van der Waals surface area contributed by atoms with Crippen molar-refractivity contribution in [1.29, 1.82) is 0 Å². The van der Waals surface area contributed by atoms with Gasteiger partial charge in [-0.1, -0.05) is 30.3 Å². The molecule has 2 aromatic heterocycles. The summed E-state index contributed by atoms with van der Waals surface area (Å²) in [4.78, 5) is 11.9. The Kier molecular flexibility index (Phi) is 5.25. The van der Waals surface area contributed by atoms with Gasteiger partial charge in [-0.3, -0.25) is 0 Å². The third-order valence-corrected chi connectivity index (χ3v) is 4.63. The van der Waals surface area contributed by atoms with Crippen LogP contribution >= 0.6 is 11.6 Å². The zero-order valence-corrected chi connectivity index (χ0v) is 13.9. The summed E-state index contributed by atoms with van der Waals surface area (Å²) in [6.45, 7) is 6.82. The Morgan fingerprint density at radius 3 is 2.00 bits per heavy atom. The molecular formula is C19H20ClN3. The molecule has 2 aliphatic rings. The number of nitrogens with zero attached hydrogens (tertiary/aromatic N) is 3. The normalized spacial score (nSPS) is 15.5. The van der Waals surface area contributed by atoms with E-state index in [9.17, 15) is 0 Å². The highest BCUT2D eigenvalue weighted by Gasteiger charge is 2.13. The van der Waals surface area contributed by atoms with E-state index in [-0.39, 0.29) is 0 Å². The minimum atomic E-state index is 0.538. The molecular weight excluding hydrogens is 306 g/mol. The Bertz CT molecular complexity index is 734. The average Bonchev–Trinajstić information content (AvgIpc) is 2.61. The van der Waals surface area contributed by atoms with Crippen molar-refractivity contribution >= 4 is 17.4 Å². The molecule has 2 aromatic rings. The van der Waals surface area contributed by atoms with E-state index in [1.54, 1.807) is 0 Å². The van der Waals surface area contributed by atoms with Crippen LogP contribution in [-0.2, 0) is 25.7 Å². The van der Waals surface area contributed by atoms with Crippen LogP contribution in [-0.4, -0.2) is 9.97 Å². The van der Waals surface area contributed by atoms with Crippen LogP contribution in [0.15, 0.2) is 24.3 Å². The lowest BCUT2D eigenvalue weighted by molar-refractivity contribution is 0.668. The van der Waals surface area contributed by atoms with E-state index < -0.39 is 0 Å². The van der Waals surface area contributed by atoms with Crippen molar-refractivity contribution in [2.75, 3.05) is 0 Å². The zero-order valence-electron chi connectivity index (χ0n) is 13.2. The number of aryl methyl sites for hydroxylation is 4. The van der Waals surface area contributed by atoms with Crippen molar-refractivity contribution in [3.05, 3.63) is 63.4 Å². The van der Waals surface area contributed by atoms with Crippen LogP contribution in [0.2, 0.25) is 5.15 Å². The number of hydrogen-bond acceptors (Lipinski definition) is 2. The standard InChI is InChI=1S/C10H10N2.C9H10ClN/c1-11-10-7-6-8-4-2-3-5-9(8)12-10;10-9-6-5-7-3-1-2-4-8(7)11-9/h6-7H,2-5H2;5-6H,1-4H2. The summed E-state index contributed by atoms with van der Waals surface area (Å²) in [6.07, 6.45) is 9.54. The van der Waals surface area contributed by atoms with Crippen LogP contribution in [0.5, 0.6) is 0 Å². The van der Waals surface area contributed by atoms with Gasteiger partial charge in [0.05, 0.1) is 0 Å². The molecule has 0 spiro atoms. The van der Waals surface area contributed by atoms with Crippen LogP contribution in [0.4, 0.5) is 5.82 Å². The summed E-state index contributed by atoms with van der Waals surface area (Å²) >= 11 is 5.77. The molecule has 3 nitrogen and oxygen atoms in total. The lowest BCUT2D eigenvalue weighted by Gasteiger charge is -2.13. The first-order valence-corrected chi connectivity index (χ1v) is 8.64. The first-order chi connectivity index (χ1) is 11.3. The number of fused-ring (bicyclic) bond motifs is 2. The van der Waals surface area contributed by atoms with Crippen molar-refractivity contribution in [2.45, 2.75) is 51.4 Å². The predicted molar refractivity (Wildman–Crippen MR) is 93.0 cm³/mol. The largest absolute Gasteiger partial charge is 0.361 e. The molecule has 2 aliphatic carbocycles. The van der Waals surface area contributed by atoms with Crippen LogP contribution < -0.4 is 0 Å². The maximum absolute atomic E-state index is 6.82. The topological polar surface area (TPSA) is 30.1 Å². The first-order valence-electron chi connectivity index (χ1n) is 8.27. The summed E-state index contributed by atoms with van der Waals surface area (Å²) in [5.41, 5.74) is 5.09. The monoisotopic (exact) mass is 325 g/mol. The number of rotatable bonds is 0. The quantitative estimate of drug-likeness (QED) is 0.497. The molecule has 4 rings (SSSR count). The molecule has 0 saturated carbocycles. The van der Waals surface area contributed by atoms with Gasteiger partial charge >= 0.3 is 0 Å². The van der Waals surface area contributed by atoms with Gasteiger partial charge in [0.25, 0.3) is 5.82 Å². The van der Waals surface area contributed by atoms with E-state index in [1.165, 1.54) is 48.9 Å². The third kappa shape index (κ3) is 4.09. The fraction of sp³-hybridized carbons (Fsp3) is 0.421. The van der Waals surface area contributed by atoms with Crippen molar-refractivity contribution in [1.82, 2.24) is 9.97 Å². The molecule has 0 atom stereocenters. The second kappa shape index (κ2) is 7.57. The molecule has 0 saturated heterocycles. The number of hydrogen-bond donors (Lipinski definition) is 0. The van der Waals surface area contributed by atoms with Gasteiger partial charge in [0.15, 0.2) is 0 Å². The third-order valence-electron chi connectivity index (χ3n) is 4.42. The van der Waals surface area contributed by atoms with Crippen LogP contribution in [0, 0.1) is 6.57 Å². The Hall–Kier alpha value is -1.92. The Labute approximate surface area is 142 Å². The molecule has 0 fully saturated rings. The van der Waals surface area contributed by atoms with E-state index in [0.29, 0.717) is 11.0 Å². The molecule has 2 heterocycles. The van der Waals surface area contributed by atoms with E-state index in [0.717, 1.165) is 25.0 Å². The van der Waals surface area contributed by atoms with Crippen molar-refractivity contribution in [3.63, 3.8) is 0 Å². The Morgan fingerprint density at radius 2 is 1.35 bits per heavy atom. The minimum Gasteiger partial charge on any atom is -0.361 e. The van der Waals surface area contributed by atoms with E-state index >= 15 is 0 Å². The molecule has 0 N–H and O–H groups in total. The van der Waals surface area contributed by atoms with Crippen molar-refractivity contribution in [3.8, 4) is 0 Å². The second-order valence-electron chi connectivity index (χ2n) is 6.04. The molecule has 0 radical (unpaired) electrons. The summed E-state index contributed by atoms with van der Waals surface area (Å²) in [5.74, 6) is 0.538. The van der Waals surface area contributed by atoms with E-state index in [2.05, 4.69) is 26.9 Å². The van der Waals surface area contributed by atoms with Crippen LogP contribution in [0.25, 0.3) is 4.85 Å². The van der Waals surface area contributed by atoms with Crippen molar-refractivity contribution in [2.24, 2.45) is 0 Å². The second-order valence-corrected chi connectivity index (χ2v) is 6.43. The highest BCUT2D eigenvalue weighted by Crippen LogP contribution is 2.22. The van der Waals surface area contributed by atoms with Crippen molar-refractivity contribution < 1.29 is 0 Å². The van der Waals surface area contributed by atoms with Gasteiger partial charge in [-0.25, -0.2) is 4.98 Å². The Morgan fingerprint density at radius 1 is 0.783 bits per heavy atom. The molecule has 4 heteroatoms. The van der Waals surface area contributed by atoms with E-state index in [1.807, 2.05) is 12.1 Å². The number of aromatic nitrogens is 2. The molecule has 0 aromatic carbocycles. The fourth-order valence-electron chi connectivity index (χ4n) is 3.19. The molecule has 0 unspecified atom stereocenters. The molecule has 0 aliphatic heterocycles. The highest BCUT2D eigenvalue weighted by atomic mass is 35.5. The van der Waals surface area contributed by atoms with Gasteiger partial charge in [-0.2, -0.15) is 0 Å². The predicted octanol–water partition coefficient (Wildman–Crippen LogP) is 5.12. The summed E-state index contributed by atoms with van der Waals surface area (Å²) in [6, 6.07) is 7.85. The first kappa shape index (κ1) is 16.0. The zero-order chi connectivity index (χ0) is 16.1. The highest BCUT2D eigenvalue weighted by molar-refractivity contribution is 6.29. The van der Waals surface area contributed by atoms with E-state index in [4.69, 9.17) is 18.2 Å². The molecule has 0 amide bonds. The molecule has 0 bridgehead atoms. The van der Waals surface area contributed by atoms with Gasteiger partial charge in [0.1, 0.15) is 10.8 Å². The molecule has 118 valence electrons. The van der Waals surface area contributed by atoms with Gasteiger partial charge in [0, 0.05) is 12.1 Å². The summed E-state index contributed by atoms with van der Waals surface area (Å²) in [5, 5.41) is 0.630. The Balaban J connectivity index is 0.000000136. The van der Waals surface area contributed by atoms with Gasteiger partial charge in [-0.05, 0) is 68.2 Å². The summed E-state index contributed by atoms with van der Waals surface area (Å²) in [7, 11) is 0. The van der Waals surface area contributed by atoms with Gasteiger partial charge < -0.3 is 4.85 Å². The summed E-state index contributed by atoms with van der Waals surface area (Å²) < 4.78 is 0.